The lowest BCUT2D eigenvalue weighted by atomic mass is 9.74. The summed E-state index contributed by atoms with van der Waals surface area (Å²) in [7, 11) is -5.78. The zero-order valence-corrected chi connectivity index (χ0v) is 34.8. The molecule has 1 N–H and O–H groups in total. The number of hydrogen-bond acceptors (Lipinski definition) is 6. The summed E-state index contributed by atoms with van der Waals surface area (Å²) in [4.78, 5) is 0. The molecule has 0 aromatic heterocycles. The van der Waals surface area contributed by atoms with E-state index in [0.717, 1.165) is 10.4 Å². The van der Waals surface area contributed by atoms with Gasteiger partial charge in [0.1, 0.15) is 18.3 Å². The van der Waals surface area contributed by atoms with Gasteiger partial charge >= 0.3 is 0 Å². The summed E-state index contributed by atoms with van der Waals surface area (Å²) in [6, 6.07) is 42.3. The molecule has 2 aliphatic rings. The standard InChI is InChI=1S/C45H58O6Si2/c1-10-45(31-32-47-52(42(2,3)4,34-23-15-11-16-24-34)35-25-17-12-18-26-35)39(49-41-40(45)50-44(8,9)51-41)38(46)33-48-53(43(5,6)7,36-27-19-13-20-28-36)37-29-21-14-22-30-37/h10-30,38-41,46H,1,31-33H2,2-9H3/t38-,39+,40-,41+,45-/m0/s1. The van der Waals surface area contributed by atoms with Gasteiger partial charge < -0.3 is 28.2 Å². The van der Waals surface area contributed by atoms with Crippen molar-refractivity contribution in [3.63, 3.8) is 0 Å². The summed E-state index contributed by atoms with van der Waals surface area (Å²) in [6.45, 7) is 22.2. The fourth-order valence-electron chi connectivity index (χ4n) is 8.90. The monoisotopic (exact) mass is 750 g/mol. The molecular weight excluding hydrogens is 693 g/mol. The van der Waals surface area contributed by atoms with E-state index in [4.69, 9.17) is 23.1 Å². The first-order valence-electron chi connectivity index (χ1n) is 18.9. The van der Waals surface area contributed by atoms with Crippen molar-refractivity contribution < 1.29 is 28.2 Å². The van der Waals surface area contributed by atoms with E-state index >= 15 is 0 Å². The molecule has 2 heterocycles. The number of ether oxygens (including phenoxy) is 3. The molecule has 2 aliphatic heterocycles. The summed E-state index contributed by atoms with van der Waals surface area (Å²) in [5.41, 5.74) is -0.835. The van der Waals surface area contributed by atoms with Crippen LogP contribution < -0.4 is 20.7 Å². The summed E-state index contributed by atoms with van der Waals surface area (Å²) in [5.74, 6) is -0.857. The van der Waals surface area contributed by atoms with Crippen LogP contribution in [0.4, 0.5) is 0 Å². The molecule has 0 aliphatic carbocycles. The first-order valence-corrected chi connectivity index (χ1v) is 22.8. The van der Waals surface area contributed by atoms with Crippen molar-refractivity contribution in [3.05, 3.63) is 134 Å². The maximum absolute atomic E-state index is 12.3. The molecular formula is C45H58O6Si2. The van der Waals surface area contributed by atoms with Gasteiger partial charge in [0, 0.05) is 6.61 Å². The van der Waals surface area contributed by atoms with E-state index in [1.165, 1.54) is 10.4 Å². The third-order valence-electron chi connectivity index (χ3n) is 11.3. The van der Waals surface area contributed by atoms with E-state index in [2.05, 4.69) is 157 Å². The highest BCUT2D eigenvalue weighted by Gasteiger charge is 2.64. The largest absolute Gasteiger partial charge is 0.407 e. The van der Waals surface area contributed by atoms with Gasteiger partial charge in [-0.05, 0) is 51.1 Å². The molecule has 6 nitrogen and oxygen atoms in total. The molecule has 2 fully saturated rings. The first kappa shape index (κ1) is 39.5. The lowest BCUT2D eigenvalue weighted by Gasteiger charge is -2.45. The van der Waals surface area contributed by atoms with E-state index in [-0.39, 0.29) is 16.7 Å². The normalized spacial score (nSPS) is 23.8. The topological polar surface area (TPSA) is 66.4 Å². The van der Waals surface area contributed by atoms with Crippen molar-refractivity contribution >= 4 is 37.4 Å². The molecule has 282 valence electrons. The Kier molecular flexibility index (Phi) is 11.3. The Morgan fingerprint density at radius 3 is 1.45 bits per heavy atom. The number of benzene rings is 4. The molecule has 0 spiro atoms. The van der Waals surface area contributed by atoms with Crippen LogP contribution in [-0.4, -0.2) is 65.3 Å². The molecule has 8 heteroatoms. The molecule has 6 rings (SSSR count). The van der Waals surface area contributed by atoms with E-state index < -0.39 is 52.4 Å². The van der Waals surface area contributed by atoms with Crippen LogP contribution in [0.1, 0.15) is 61.8 Å². The fraction of sp³-hybridized carbons (Fsp3) is 0.422. The second-order valence-corrected chi connectivity index (χ2v) is 25.7. The van der Waals surface area contributed by atoms with Gasteiger partial charge in [0.2, 0.25) is 0 Å². The Morgan fingerprint density at radius 2 is 1.08 bits per heavy atom. The lowest BCUT2D eigenvalue weighted by molar-refractivity contribution is -0.229. The maximum atomic E-state index is 12.3. The third-order valence-corrected chi connectivity index (χ3v) is 21.3. The second kappa shape index (κ2) is 15.2. The van der Waals surface area contributed by atoms with E-state index in [1.807, 2.05) is 32.1 Å². The van der Waals surface area contributed by atoms with Crippen LogP contribution in [0.5, 0.6) is 0 Å². The van der Waals surface area contributed by atoms with Gasteiger partial charge in [-0.25, -0.2) is 0 Å². The summed E-state index contributed by atoms with van der Waals surface area (Å²) in [6.07, 6.45) is -0.486. The summed E-state index contributed by atoms with van der Waals surface area (Å²) < 4.78 is 34.2. The van der Waals surface area contributed by atoms with Crippen molar-refractivity contribution in [1.82, 2.24) is 0 Å². The van der Waals surface area contributed by atoms with Gasteiger partial charge in [-0.15, -0.1) is 6.58 Å². The zero-order valence-electron chi connectivity index (χ0n) is 32.8. The minimum absolute atomic E-state index is 0.0614. The van der Waals surface area contributed by atoms with Crippen molar-refractivity contribution in [2.24, 2.45) is 5.41 Å². The molecule has 0 saturated carbocycles. The Labute approximate surface area is 319 Å². The van der Waals surface area contributed by atoms with Gasteiger partial charge in [0.25, 0.3) is 16.6 Å². The van der Waals surface area contributed by atoms with Crippen LogP contribution in [0.15, 0.2) is 134 Å². The van der Waals surface area contributed by atoms with Crippen LogP contribution in [0.2, 0.25) is 10.1 Å². The van der Waals surface area contributed by atoms with Crippen LogP contribution >= 0.6 is 0 Å². The third kappa shape index (κ3) is 7.21. The number of fused-ring (bicyclic) bond motifs is 1. The second-order valence-electron chi connectivity index (χ2n) is 17.1. The smallest absolute Gasteiger partial charge is 0.261 e. The lowest BCUT2D eigenvalue weighted by Crippen LogP contribution is -2.67. The zero-order chi connectivity index (χ0) is 38.1. The Hall–Kier alpha value is -3.19. The minimum Gasteiger partial charge on any atom is -0.407 e. The predicted molar refractivity (Wildman–Crippen MR) is 219 cm³/mol. The number of rotatable bonds is 13. The molecule has 0 radical (unpaired) electrons. The van der Waals surface area contributed by atoms with Crippen molar-refractivity contribution in [2.45, 2.75) is 102 Å². The molecule has 5 atom stereocenters. The van der Waals surface area contributed by atoms with Gasteiger partial charge in [-0.3, -0.25) is 0 Å². The Morgan fingerprint density at radius 1 is 0.679 bits per heavy atom. The maximum Gasteiger partial charge on any atom is 0.261 e. The molecule has 0 amide bonds. The van der Waals surface area contributed by atoms with E-state index in [0.29, 0.717) is 13.0 Å². The van der Waals surface area contributed by atoms with Crippen LogP contribution in [0.3, 0.4) is 0 Å². The highest BCUT2D eigenvalue weighted by Crippen LogP contribution is 2.52. The summed E-state index contributed by atoms with van der Waals surface area (Å²) >= 11 is 0. The molecule has 0 unspecified atom stereocenters. The highest BCUT2D eigenvalue weighted by molar-refractivity contribution is 7.00. The van der Waals surface area contributed by atoms with E-state index in [9.17, 15) is 5.11 Å². The van der Waals surface area contributed by atoms with Crippen molar-refractivity contribution in [2.75, 3.05) is 13.2 Å². The van der Waals surface area contributed by atoms with Gasteiger partial charge in [-0.1, -0.05) is 169 Å². The van der Waals surface area contributed by atoms with Crippen molar-refractivity contribution in [1.29, 1.82) is 0 Å². The van der Waals surface area contributed by atoms with E-state index in [1.54, 1.807) is 0 Å². The quantitative estimate of drug-likeness (QED) is 0.118. The minimum atomic E-state index is -2.94. The number of hydrogen-bond donors (Lipinski definition) is 1. The van der Waals surface area contributed by atoms with Crippen LogP contribution in [0, 0.1) is 5.41 Å². The highest BCUT2D eigenvalue weighted by atomic mass is 28.4. The van der Waals surface area contributed by atoms with Crippen LogP contribution in [0.25, 0.3) is 0 Å². The SMILES string of the molecule is C=C[C@]1(CCO[Si](c2ccccc2)(c2ccccc2)C(C)(C)C)[C@@H]([C@@H](O)CO[Si](c2ccccc2)(c2ccccc2)C(C)(C)C)O[C@@H]2OC(C)(C)O[C@@H]21. The molecule has 53 heavy (non-hydrogen) atoms. The predicted octanol–water partition coefficient (Wildman–Crippen LogP) is 6.94. The fourth-order valence-corrected chi connectivity index (χ4v) is 18.0. The Bertz CT molecular complexity index is 1710. The molecule has 4 aromatic rings. The summed E-state index contributed by atoms with van der Waals surface area (Å²) in [5, 5.41) is 16.6. The molecule has 0 bridgehead atoms. The average molecular weight is 751 g/mol. The van der Waals surface area contributed by atoms with Gasteiger partial charge in [-0.2, -0.15) is 0 Å². The number of aliphatic hydroxyl groups is 1. The first-order chi connectivity index (χ1) is 25.1. The molecule has 2 saturated heterocycles. The average Bonchev–Trinajstić information content (AvgIpc) is 3.60. The van der Waals surface area contributed by atoms with Gasteiger partial charge in [0.05, 0.1) is 12.0 Å². The molecule has 4 aromatic carbocycles. The van der Waals surface area contributed by atoms with Crippen molar-refractivity contribution in [3.8, 4) is 0 Å². The van der Waals surface area contributed by atoms with Crippen LogP contribution in [-0.2, 0) is 23.1 Å². The Balaban J connectivity index is 1.35. The van der Waals surface area contributed by atoms with Gasteiger partial charge in [0.15, 0.2) is 12.1 Å². The number of aliphatic hydroxyl groups excluding tert-OH is 1.